The van der Waals surface area contributed by atoms with Crippen LogP contribution in [0, 0.1) is 0 Å². The summed E-state index contributed by atoms with van der Waals surface area (Å²) in [6.45, 7) is 3.76. The summed E-state index contributed by atoms with van der Waals surface area (Å²) in [6.07, 6.45) is 0. The fourth-order valence-electron chi connectivity index (χ4n) is 2.24. The van der Waals surface area contributed by atoms with Gasteiger partial charge in [-0.25, -0.2) is 0 Å². The zero-order valence-electron chi connectivity index (χ0n) is 14.8. The van der Waals surface area contributed by atoms with Gasteiger partial charge in [0, 0.05) is 23.2 Å². The summed E-state index contributed by atoms with van der Waals surface area (Å²) >= 11 is 0. The van der Waals surface area contributed by atoms with Crippen LogP contribution in [0.1, 0.15) is 34.6 Å². The molecule has 132 valence electrons. The quantitative estimate of drug-likeness (QED) is 0.846. The van der Waals surface area contributed by atoms with Crippen molar-refractivity contribution in [1.29, 1.82) is 0 Å². The van der Waals surface area contributed by atoms with Crippen LogP contribution in [-0.2, 0) is 0 Å². The second-order valence-electron chi connectivity index (χ2n) is 5.73. The molecule has 0 spiro atoms. The van der Waals surface area contributed by atoms with Gasteiger partial charge in [0.15, 0.2) is 0 Å². The lowest BCUT2D eigenvalue weighted by molar-refractivity contribution is 0.0943. The van der Waals surface area contributed by atoms with E-state index in [-0.39, 0.29) is 17.9 Å². The van der Waals surface area contributed by atoms with Gasteiger partial charge < -0.3 is 20.1 Å². The Bertz CT molecular complexity index is 772. The molecule has 0 saturated carbocycles. The molecule has 2 N–H and O–H groups in total. The maximum absolute atomic E-state index is 12.5. The molecule has 0 aliphatic carbocycles. The van der Waals surface area contributed by atoms with Crippen LogP contribution in [-0.4, -0.2) is 32.1 Å². The van der Waals surface area contributed by atoms with E-state index in [0.717, 1.165) is 0 Å². The predicted molar refractivity (Wildman–Crippen MR) is 96.5 cm³/mol. The van der Waals surface area contributed by atoms with E-state index in [9.17, 15) is 9.59 Å². The molecule has 0 bridgehead atoms. The molecule has 0 radical (unpaired) electrons. The minimum atomic E-state index is -0.331. The fraction of sp³-hybridized carbons (Fsp3) is 0.263. The molecule has 0 aromatic heterocycles. The SMILES string of the molecule is COc1ccc(NC(=O)c2cccc(C(=O)NC(C)C)c2)c(OC)c1. The molecule has 2 rings (SSSR count). The number of anilines is 1. The third-order valence-electron chi connectivity index (χ3n) is 3.46. The molecular weight excluding hydrogens is 320 g/mol. The van der Waals surface area contributed by atoms with E-state index in [0.29, 0.717) is 28.3 Å². The Morgan fingerprint density at radius 3 is 2.20 bits per heavy atom. The lowest BCUT2D eigenvalue weighted by Gasteiger charge is -2.12. The third kappa shape index (κ3) is 4.73. The number of hydrogen-bond acceptors (Lipinski definition) is 4. The molecular formula is C19H22N2O4. The number of carbonyl (C=O) groups excluding carboxylic acids is 2. The summed E-state index contributed by atoms with van der Waals surface area (Å²) in [7, 11) is 3.07. The highest BCUT2D eigenvalue weighted by molar-refractivity contribution is 6.06. The summed E-state index contributed by atoms with van der Waals surface area (Å²) in [5.74, 6) is 0.568. The molecule has 0 atom stereocenters. The van der Waals surface area contributed by atoms with Gasteiger partial charge in [0.05, 0.1) is 19.9 Å². The second-order valence-corrected chi connectivity index (χ2v) is 5.73. The summed E-state index contributed by atoms with van der Waals surface area (Å²) in [5.41, 5.74) is 1.34. The molecule has 6 nitrogen and oxygen atoms in total. The van der Waals surface area contributed by atoms with Crippen LogP contribution < -0.4 is 20.1 Å². The van der Waals surface area contributed by atoms with Crippen molar-refractivity contribution < 1.29 is 19.1 Å². The van der Waals surface area contributed by atoms with Crippen molar-refractivity contribution in [2.75, 3.05) is 19.5 Å². The maximum atomic E-state index is 12.5. The average Bonchev–Trinajstić information content (AvgIpc) is 2.61. The van der Waals surface area contributed by atoms with Gasteiger partial charge in [-0.3, -0.25) is 9.59 Å². The molecule has 0 heterocycles. The van der Waals surface area contributed by atoms with E-state index in [1.54, 1.807) is 49.6 Å². The summed E-state index contributed by atoms with van der Waals surface area (Å²) in [4.78, 5) is 24.6. The number of hydrogen-bond donors (Lipinski definition) is 2. The van der Waals surface area contributed by atoms with Crippen molar-refractivity contribution in [1.82, 2.24) is 5.32 Å². The molecule has 25 heavy (non-hydrogen) atoms. The standard InChI is InChI=1S/C19H22N2O4/c1-12(2)20-18(22)13-6-5-7-14(10-13)19(23)21-16-9-8-15(24-3)11-17(16)25-4/h5-12H,1-4H3,(H,20,22)(H,21,23). The third-order valence-corrected chi connectivity index (χ3v) is 3.46. The molecule has 6 heteroatoms. The van der Waals surface area contributed by atoms with Crippen LogP contribution in [0.3, 0.4) is 0 Å². The first-order valence-corrected chi connectivity index (χ1v) is 7.89. The lowest BCUT2D eigenvalue weighted by Crippen LogP contribution is -2.30. The first kappa shape index (κ1) is 18.3. The molecule has 2 aromatic carbocycles. The highest BCUT2D eigenvalue weighted by atomic mass is 16.5. The van der Waals surface area contributed by atoms with Crippen LogP contribution in [0.2, 0.25) is 0 Å². The fourth-order valence-corrected chi connectivity index (χ4v) is 2.24. The molecule has 0 aliphatic heterocycles. The van der Waals surface area contributed by atoms with Crippen LogP contribution >= 0.6 is 0 Å². The Kier molecular flexibility index (Phi) is 6.00. The van der Waals surface area contributed by atoms with Crippen LogP contribution in [0.25, 0.3) is 0 Å². The number of methoxy groups -OCH3 is 2. The van der Waals surface area contributed by atoms with Crippen molar-refractivity contribution in [3.8, 4) is 11.5 Å². The number of ether oxygens (including phenoxy) is 2. The summed E-state index contributed by atoms with van der Waals surface area (Å²) in [6, 6.07) is 11.7. The van der Waals surface area contributed by atoms with Crippen molar-refractivity contribution in [2.24, 2.45) is 0 Å². The van der Waals surface area contributed by atoms with Crippen molar-refractivity contribution in [2.45, 2.75) is 19.9 Å². The average molecular weight is 342 g/mol. The van der Waals surface area contributed by atoms with Crippen LogP contribution in [0.15, 0.2) is 42.5 Å². The minimum absolute atomic E-state index is 0.0218. The molecule has 0 fully saturated rings. The van der Waals surface area contributed by atoms with Gasteiger partial charge in [0.25, 0.3) is 11.8 Å². The van der Waals surface area contributed by atoms with E-state index in [2.05, 4.69) is 10.6 Å². The van der Waals surface area contributed by atoms with Gasteiger partial charge in [0.2, 0.25) is 0 Å². The topological polar surface area (TPSA) is 76.7 Å². The molecule has 2 aromatic rings. The Labute approximate surface area is 147 Å². The Hall–Kier alpha value is -3.02. The van der Waals surface area contributed by atoms with Crippen molar-refractivity contribution >= 4 is 17.5 Å². The van der Waals surface area contributed by atoms with E-state index in [1.807, 2.05) is 13.8 Å². The minimum Gasteiger partial charge on any atom is -0.497 e. The Balaban J connectivity index is 2.20. The van der Waals surface area contributed by atoms with Crippen LogP contribution in [0.5, 0.6) is 11.5 Å². The molecule has 0 aliphatic rings. The highest BCUT2D eigenvalue weighted by Gasteiger charge is 2.13. The Morgan fingerprint density at radius 1 is 0.920 bits per heavy atom. The predicted octanol–water partition coefficient (Wildman–Crippen LogP) is 3.09. The molecule has 0 saturated heterocycles. The first-order chi connectivity index (χ1) is 11.9. The van der Waals surface area contributed by atoms with Gasteiger partial charge in [-0.2, -0.15) is 0 Å². The highest BCUT2D eigenvalue weighted by Crippen LogP contribution is 2.29. The number of benzene rings is 2. The van der Waals surface area contributed by atoms with Gasteiger partial charge in [-0.1, -0.05) is 6.07 Å². The number of carbonyl (C=O) groups is 2. The van der Waals surface area contributed by atoms with E-state index < -0.39 is 0 Å². The van der Waals surface area contributed by atoms with Gasteiger partial charge in [0.1, 0.15) is 11.5 Å². The number of nitrogens with one attached hydrogen (secondary N) is 2. The zero-order chi connectivity index (χ0) is 18.4. The maximum Gasteiger partial charge on any atom is 0.255 e. The van der Waals surface area contributed by atoms with Crippen molar-refractivity contribution in [3.63, 3.8) is 0 Å². The first-order valence-electron chi connectivity index (χ1n) is 7.89. The normalized spacial score (nSPS) is 10.3. The number of rotatable bonds is 6. The van der Waals surface area contributed by atoms with Gasteiger partial charge >= 0.3 is 0 Å². The number of amides is 2. The van der Waals surface area contributed by atoms with Gasteiger partial charge in [-0.05, 0) is 44.2 Å². The second kappa shape index (κ2) is 8.19. The molecule has 2 amide bonds. The van der Waals surface area contributed by atoms with E-state index >= 15 is 0 Å². The smallest absolute Gasteiger partial charge is 0.255 e. The monoisotopic (exact) mass is 342 g/mol. The van der Waals surface area contributed by atoms with Crippen molar-refractivity contribution in [3.05, 3.63) is 53.6 Å². The summed E-state index contributed by atoms with van der Waals surface area (Å²) < 4.78 is 10.4. The lowest BCUT2D eigenvalue weighted by atomic mass is 10.1. The largest absolute Gasteiger partial charge is 0.497 e. The molecule has 0 unspecified atom stereocenters. The van der Waals surface area contributed by atoms with E-state index in [1.165, 1.54) is 7.11 Å². The summed E-state index contributed by atoms with van der Waals surface area (Å²) in [5, 5.41) is 5.59. The Morgan fingerprint density at radius 2 is 1.60 bits per heavy atom. The van der Waals surface area contributed by atoms with Gasteiger partial charge in [-0.15, -0.1) is 0 Å². The zero-order valence-corrected chi connectivity index (χ0v) is 14.8. The van der Waals surface area contributed by atoms with Crippen LogP contribution in [0.4, 0.5) is 5.69 Å². The van der Waals surface area contributed by atoms with E-state index in [4.69, 9.17) is 9.47 Å².